The molecule has 0 aliphatic carbocycles. The van der Waals surface area contributed by atoms with Crippen molar-refractivity contribution >= 4 is 21.8 Å². The van der Waals surface area contributed by atoms with Crippen LogP contribution in [-0.4, -0.2) is 19.5 Å². The molecule has 0 aliphatic rings. The first kappa shape index (κ1) is 43.3. The average Bonchev–Trinajstić information content (AvgIpc) is 3.81. The number of benzene rings is 10. The first-order valence-corrected chi connectivity index (χ1v) is 24.8. The third kappa shape index (κ3) is 8.17. The molecule has 0 saturated heterocycles. The molecular weight excluding hydrogens is 885 g/mol. The van der Waals surface area contributed by atoms with Crippen LogP contribution in [0.15, 0.2) is 279 Å². The van der Waals surface area contributed by atoms with Crippen LogP contribution >= 0.6 is 0 Å². The summed E-state index contributed by atoms with van der Waals surface area (Å²) in [7, 11) is 0. The van der Waals surface area contributed by atoms with E-state index >= 15 is 0 Å². The smallest absolute Gasteiger partial charge is 0.160 e. The number of fused-ring (bicyclic) bond motifs is 3. The SMILES string of the molecule is c1ccc(-c2ccc3c(c2)c2cc(-c4ccccc4)ccc2n3-c2c(-c3ccccc3)nc(-c3ccccc3)c(-c3ccccc3)c2-c2ccc(-c3cc(-c4ccccc4)nc(-c4ccccc4)n3)cc2)cc1. The summed E-state index contributed by atoms with van der Waals surface area (Å²) in [6.45, 7) is 0. The molecule has 0 bridgehead atoms. The summed E-state index contributed by atoms with van der Waals surface area (Å²) >= 11 is 0. The van der Waals surface area contributed by atoms with Crippen LogP contribution in [0, 0.1) is 0 Å². The summed E-state index contributed by atoms with van der Waals surface area (Å²) in [6.07, 6.45) is 0. The lowest BCUT2D eigenvalue weighted by molar-refractivity contribution is 1.15. The molecule has 342 valence electrons. The second kappa shape index (κ2) is 18.9. The predicted octanol–water partition coefficient (Wildman–Crippen LogP) is 18.0. The van der Waals surface area contributed by atoms with Gasteiger partial charge in [-0.05, 0) is 63.7 Å². The number of aromatic nitrogens is 4. The van der Waals surface area contributed by atoms with Crippen LogP contribution in [0.2, 0.25) is 0 Å². The molecule has 0 radical (unpaired) electrons. The summed E-state index contributed by atoms with van der Waals surface area (Å²) in [6, 6.07) is 99.0. The van der Waals surface area contributed by atoms with Gasteiger partial charge in [0.05, 0.1) is 39.5 Å². The Morgan fingerprint density at radius 1 is 0.233 bits per heavy atom. The van der Waals surface area contributed by atoms with Crippen molar-refractivity contribution in [1.29, 1.82) is 0 Å². The highest BCUT2D eigenvalue weighted by Crippen LogP contribution is 2.49. The van der Waals surface area contributed by atoms with E-state index < -0.39 is 0 Å². The minimum Gasteiger partial charge on any atom is -0.306 e. The molecule has 0 atom stereocenters. The Balaban J connectivity index is 1.13. The second-order valence-electron chi connectivity index (χ2n) is 18.3. The average molecular weight is 931 g/mol. The molecule has 10 aromatic carbocycles. The Hall–Kier alpha value is -9.77. The van der Waals surface area contributed by atoms with Crippen LogP contribution in [0.5, 0.6) is 0 Å². The summed E-state index contributed by atoms with van der Waals surface area (Å²) in [5.41, 5.74) is 20.6. The van der Waals surface area contributed by atoms with Gasteiger partial charge in [-0.1, -0.05) is 249 Å². The largest absolute Gasteiger partial charge is 0.306 e. The summed E-state index contributed by atoms with van der Waals surface area (Å²) in [5, 5.41) is 2.32. The molecule has 4 heteroatoms. The van der Waals surface area contributed by atoms with Gasteiger partial charge in [0.1, 0.15) is 0 Å². The first-order valence-electron chi connectivity index (χ1n) is 24.8. The van der Waals surface area contributed by atoms with Gasteiger partial charge in [-0.3, -0.25) is 0 Å². The fourth-order valence-corrected chi connectivity index (χ4v) is 10.3. The maximum Gasteiger partial charge on any atom is 0.160 e. The second-order valence-corrected chi connectivity index (χ2v) is 18.3. The first-order chi connectivity index (χ1) is 36.2. The zero-order valence-corrected chi connectivity index (χ0v) is 39.8. The molecule has 73 heavy (non-hydrogen) atoms. The maximum absolute atomic E-state index is 5.88. The van der Waals surface area contributed by atoms with Crippen molar-refractivity contribution in [3.63, 3.8) is 0 Å². The van der Waals surface area contributed by atoms with Crippen molar-refractivity contribution in [2.45, 2.75) is 0 Å². The Labute approximate surface area is 424 Å². The lowest BCUT2D eigenvalue weighted by atomic mass is 9.87. The van der Waals surface area contributed by atoms with E-state index in [0.29, 0.717) is 5.82 Å². The molecule has 3 aromatic heterocycles. The van der Waals surface area contributed by atoms with Crippen LogP contribution in [0.4, 0.5) is 0 Å². The summed E-state index contributed by atoms with van der Waals surface area (Å²) < 4.78 is 2.48. The van der Waals surface area contributed by atoms with E-state index in [1.165, 1.54) is 11.1 Å². The van der Waals surface area contributed by atoms with Gasteiger partial charge < -0.3 is 4.57 Å². The highest BCUT2D eigenvalue weighted by molar-refractivity contribution is 6.14. The molecule has 0 spiro atoms. The minimum atomic E-state index is 0.682. The number of hydrogen-bond donors (Lipinski definition) is 0. The third-order valence-corrected chi connectivity index (χ3v) is 13.8. The van der Waals surface area contributed by atoms with Crippen molar-refractivity contribution in [1.82, 2.24) is 19.5 Å². The molecule has 13 rings (SSSR count). The predicted molar refractivity (Wildman–Crippen MR) is 303 cm³/mol. The normalized spacial score (nSPS) is 11.3. The van der Waals surface area contributed by atoms with Crippen molar-refractivity contribution in [3.8, 4) is 107 Å². The van der Waals surface area contributed by atoms with Crippen molar-refractivity contribution < 1.29 is 0 Å². The lowest BCUT2D eigenvalue weighted by Gasteiger charge is -2.25. The van der Waals surface area contributed by atoms with Gasteiger partial charge in [0.25, 0.3) is 0 Å². The molecule has 0 N–H and O–H groups in total. The molecule has 0 aliphatic heterocycles. The van der Waals surface area contributed by atoms with Gasteiger partial charge >= 0.3 is 0 Å². The van der Waals surface area contributed by atoms with E-state index in [0.717, 1.165) is 111 Å². The van der Waals surface area contributed by atoms with Gasteiger partial charge in [0.2, 0.25) is 0 Å². The van der Waals surface area contributed by atoms with E-state index in [4.69, 9.17) is 15.0 Å². The number of pyridine rings is 1. The zero-order valence-electron chi connectivity index (χ0n) is 39.8. The molecule has 0 fully saturated rings. The number of nitrogens with zero attached hydrogens (tertiary/aromatic N) is 4. The van der Waals surface area contributed by atoms with Crippen molar-refractivity contribution in [3.05, 3.63) is 279 Å². The van der Waals surface area contributed by atoms with E-state index in [9.17, 15) is 0 Å². The Kier molecular flexibility index (Phi) is 11.2. The highest BCUT2D eigenvalue weighted by atomic mass is 15.0. The third-order valence-electron chi connectivity index (χ3n) is 13.8. The van der Waals surface area contributed by atoms with Crippen molar-refractivity contribution in [2.75, 3.05) is 0 Å². The quantitative estimate of drug-likeness (QED) is 0.137. The Morgan fingerprint density at radius 2 is 0.575 bits per heavy atom. The van der Waals surface area contributed by atoms with Gasteiger partial charge in [-0.15, -0.1) is 0 Å². The summed E-state index contributed by atoms with van der Waals surface area (Å²) in [4.78, 5) is 16.2. The zero-order chi connectivity index (χ0) is 48.5. The van der Waals surface area contributed by atoms with Crippen LogP contribution < -0.4 is 0 Å². The lowest BCUT2D eigenvalue weighted by Crippen LogP contribution is -2.07. The highest BCUT2D eigenvalue weighted by Gasteiger charge is 2.28. The molecule has 4 nitrogen and oxygen atoms in total. The molecule has 0 saturated carbocycles. The fraction of sp³-hybridized carbons (Fsp3) is 0. The van der Waals surface area contributed by atoms with Crippen LogP contribution in [0.3, 0.4) is 0 Å². The Morgan fingerprint density at radius 3 is 1.04 bits per heavy atom. The topological polar surface area (TPSA) is 43.6 Å². The fourth-order valence-electron chi connectivity index (χ4n) is 10.3. The van der Waals surface area contributed by atoms with Crippen LogP contribution in [-0.2, 0) is 0 Å². The van der Waals surface area contributed by atoms with E-state index in [-0.39, 0.29) is 0 Å². The molecule has 0 unspecified atom stereocenters. The minimum absolute atomic E-state index is 0.682. The van der Waals surface area contributed by atoms with E-state index in [1.54, 1.807) is 0 Å². The molecule has 3 heterocycles. The molecule has 0 amide bonds. The van der Waals surface area contributed by atoms with Crippen molar-refractivity contribution in [2.24, 2.45) is 0 Å². The van der Waals surface area contributed by atoms with E-state index in [2.05, 4.69) is 259 Å². The van der Waals surface area contributed by atoms with Crippen LogP contribution in [0.25, 0.3) is 128 Å². The van der Waals surface area contributed by atoms with Crippen LogP contribution in [0.1, 0.15) is 0 Å². The Bertz CT molecular complexity index is 3910. The van der Waals surface area contributed by atoms with Gasteiger partial charge in [0, 0.05) is 49.7 Å². The van der Waals surface area contributed by atoms with Gasteiger partial charge in [-0.2, -0.15) is 0 Å². The van der Waals surface area contributed by atoms with E-state index in [1.807, 2.05) is 24.3 Å². The maximum atomic E-state index is 5.88. The molecule has 13 aromatic rings. The molecular formula is C69H46N4. The summed E-state index contributed by atoms with van der Waals surface area (Å²) in [5.74, 6) is 0.682. The standard InChI is InChI=1S/C69H46N4/c1-8-22-47(23-9-1)56-40-42-62-58(44-56)59-45-57(48-24-10-2-11-25-48)41-43-63(59)73(62)68-65(64(51-28-14-4-15-29-51)66(53-30-16-5-17-31-53)72-67(68)54-32-18-6-19-33-54)52-38-36-50(37-39-52)61-46-60(49-26-12-3-13-27-49)70-69(71-61)55-34-20-7-21-35-55/h1-46H. The number of hydrogen-bond acceptors (Lipinski definition) is 3. The number of rotatable bonds is 10. The van der Waals surface area contributed by atoms with Gasteiger partial charge in [-0.25, -0.2) is 15.0 Å². The monoisotopic (exact) mass is 930 g/mol. The van der Waals surface area contributed by atoms with Gasteiger partial charge in [0.15, 0.2) is 5.82 Å².